The lowest BCUT2D eigenvalue weighted by atomic mass is 10.1. The Labute approximate surface area is 94.8 Å². The summed E-state index contributed by atoms with van der Waals surface area (Å²) in [7, 11) is 1.89. The number of nitrogens with zero attached hydrogens (tertiary/aromatic N) is 3. The number of aryl methyl sites for hydroxylation is 1. The minimum atomic E-state index is -0.00593. The third-order valence-electron chi connectivity index (χ3n) is 2.36. The van der Waals surface area contributed by atoms with Crippen LogP contribution in [-0.4, -0.2) is 22.0 Å². The lowest BCUT2D eigenvalue weighted by Crippen LogP contribution is -2.20. The highest BCUT2D eigenvalue weighted by Gasteiger charge is 2.14. The van der Waals surface area contributed by atoms with Crippen molar-refractivity contribution < 1.29 is 0 Å². The molecule has 0 radical (unpaired) electrons. The minimum absolute atomic E-state index is 0.00593. The van der Waals surface area contributed by atoms with E-state index in [0.717, 1.165) is 17.0 Å². The molecule has 0 saturated carbocycles. The Balaban J connectivity index is 2.37. The Morgan fingerprint density at radius 2 is 1.94 bits per heavy atom. The Morgan fingerprint density at radius 3 is 2.56 bits per heavy atom. The van der Waals surface area contributed by atoms with Gasteiger partial charge in [-0.05, 0) is 31.2 Å². The fourth-order valence-electron chi connectivity index (χ4n) is 1.64. The molecule has 16 heavy (non-hydrogen) atoms. The summed E-state index contributed by atoms with van der Waals surface area (Å²) < 4.78 is 0. The average molecular weight is 214 g/mol. The predicted octanol–water partition coefficient (Wildman–Crippen LogP) is 1.49. The van der Waals surface area contributed by atoms with Crippen molar-refractivity contribution in [1.29, 1.82) is 0 Å². The van der Waals surface area contributed by atoms with Crippen LogP contribution in [0.15, 0.2) is 36.9 Å². The number of hydrogen-bond acceptors (Lipinski definition) is 4. The largest absolute Gasteiger partial charge is 0.307 e. The number of aromatic nitrogens is 3. The van der Waals surface area contributed by atoms with Gasteiger partial charge in [0.1, 0.15) is 5.82 Å². The van der Waals surface area contributed by atoms with Crippen molar-refractivity contribution in [1.82, 2.24) is 20.3 Å². The molecule has 0 aromatic carbocycles. The van der Waals surface area contributed by atoms with Gasteiger partial charge in [-0.15, -0.1) is 0 Å². The van der Waals surface area contributed by atoms with Crippen LogP contribution >= 0.6 is 0 Å². The third-order valence-corrected chi connectivity index (χ3v) is 2.36. The number of nitrogens with one attached hydrogen (secondary N) is 1. The molecule has 1 N–H and O–H groups in total. The van der Waals surface area contributed by atoms with Gasteiger partial charge in [0, 0.05) is 24.8 Å². The fourth-order valence-corrected chi connectivity index (χ4v) is 1.64. The molecule has 0 spiro atoms. The molecule has 0 aliphatic rings. The first-order chi connectivity index (χ1) is 7.81. The second kappa shape index (κ2) is 4.81. The Morgan fingerprint density at radius 1 is 1.19 bits per heavy atom. The van der Waals surface area contributed by atoms with Crippen LogP contribution in [0, 0.1) is 6.92 Å². The van der Waals surface area contributed by atoms with Gasteiger partial charge in [-0.1, -0.05) is 6.07 Å². The van der Waals surface area contributed by atoms with Crippen molar-refractivity contribution in [2.24, 2.45) is 0 Å². The van der Waals surface area contributed by atoms with Crippen LogP contribution in [-0.2, 0) is 0 Å². The standard InChI is InChI=1S/C12H14N4/c1-9-6-10(8-14-7-9)11(13-2)12-15-4-3-5-16-12/h3-8,11,13H,1-2H3. The van der Waals surface area contributed by atoms with E-state index in [-0.39, 0.29) is 6.04 Å². The zero-order valence-corrected chi connectivity index (χ0v) is 9.38. The molecule has 2 aromatic rings. The van der Waals surface area contributed by atoms with E-state index in [9.17, 15) is 0 Å². The van der Waals surface area contributed by atoms with Gasteiger partial charge in [0.15, 0.2) is 0 Å². The highest BCUT2D eigenvalue weighted by atomic mass is 15.0. The first-order valence-electron chi connectivity index (χ1n) is 5.17. The second-order valence-electron chi connectivity index (χ2n) is 3.62. The number of pyridine rings is 1. The van der Waals surface area contributed by atoms with Gasteiger partial charge in [-0.2, -0.15) is 0 Å². The van der Waals surface area contributed by atoms with Gasteiger partial charge >= 0.3 is 0 Å². The van der Waals surface area contributed by atoms with Crippen molar-refractivity contribution >= 4 is 0 Å². The Kier molecular flexibility index (Phi) is 3.22. The molecule has 1 atom stereocenters. The molecule has 0 saturated heterocycles. The van der Waals surface area contributed by atoms with Gasteiger partial charge in [0.05, 0.1) is 6.04 Å². The van der Waals surface area contributed by atoms with E-state index in [1.165, 1.54) is 0 Å². The van der Waals surface area contributed by atoms with E-state index in [1.807, 2.05) is 32.4 Å². The molecule has 0 bridgehead atoms. The maximum atomic E-state index is 4.25. The molecule has 4 nitrogen and oxygen atoms in total. The van der Waals surface area contributed by atoms with Gasteiger partial charge in [-0.3, -0.25) is 4.98 Å². The lowest BCUT2D eigenvalue weighted by Gasteiger charge is -2.14. The molecule has 0 aliphatic heterocycles. The van der Waals surface area contributed by atoms with Crippen LogP contribution in [0.3, 0.4) is 0 Å². The van der Waals surface area contributed by atoms with Gasteiger partial charge in [-0.25, -0.2) is 9.97 Å². The average Bonchev–Trinajstić information content (AvgIpc) is 2.31. The fraction of sp³-hybridized carbons (Fsp3) is 0.250. The first-order valence-corrected chi connectivity index (χ1v) is 5.17. The molecule has 4 heteroatoms. The maximum absolute atomic E-state index is 4.25. The maximum Gasteiger partial charge on any atom is 0.149 e. The van der Waals surface area contributed by atoms with Gasteiger partial charge in [0.2, 0.25) is 0 Å². The molecular weight excluding hydrogens is 200 g/mol. The summed E-state index contributed by atoms with van der Waals surface area (Å²) in [5.41, 5.74) is 2.21. The van der Waals surface area contributed by atoms with E-state index in [2.05, 4.69) is 26.3 Å². The normalized spacial score (nSPS) is 12.4. The zero-order chi connectivity index (χ0) is 11.4. The van der Waals surface area contributed by atoms with Crippen molar-refractivity contribution in [3.63, 3.8) is 0 Å². The van der Waals surface area contributed by atoms with Crippen LogP contribution in [0.4, 0.5) is 0 Å². The SMILES string of the molecule is CNC(c1cncc(C)c1)c1ncccn1. The molecule has 2 aromatic heterocycles. The van der Waals surface area contributed by atoms with Gasteiger partial charge in [0.25, 0.3) is 0 Å². The Bertz CT molecular complexity index is 456. The van der Waals surface area contributed by atoms with E-state index in [0.29, 0.717) is 0 Å². The third kappa shape index (κ3) is 2.23. The van der Waals surface area contributed by atoms with Crippen molar-refractivity contribution in [3.05, 3.63) is 53.9 Å². The van der Waals surface area contributed by atoms with Crippen LogP contribution in [0.25, 0.3) is 0 Å². The predicted molar refractivity (Wildman–Crippen MR) is 61.9 cm³/mol. The summed E-state index contributed by atoms with van der Waals surface area (Å²) in [5, 5.41) is 3.20. The van der Waals surface area contributed by atoms with E-state index in [1.54, 1.807) is 12.4 Å². The summed E-state index contributed by atoms with van der Waals surface area (Å²) in [6, 6.07) is 3.89. The van der Waals surface area contributed by atoms with Crippen LogP contribution in [0.1, 0.15) is 23.0 Å². The van der Waals surface area contributed by atoms with Crippen molar-refractivity contribution in [2.45, 2.75) is 13.0 Å². The number of rotatable bonds is 3. The van der Waals surface area contributed by atoms with E-state index in [4.69, 9.17) is 0 Å². The second-order valence-corrected chi connectivity index (χ2v) is 3.62. The molecule has 0 aliphatic carbocycles. The molecule has 2 rings (SSSR count). The molecule has 2 heterocycles. The van der Waals surface area contributed by atoms with Gasteiger partial charge < -0.3 is 5.32 Å². The summed E-state index contributed by atoms with van der Waals surface area (Å²) in [6.07, 6.45) is 7.17. The quantitative estimate of drug-likeness (QED) is 0.841. The smallest absolute Gasteiger partial charge is 0.149 e. The summed E-state index contributed by atoms with van der Waals surface area (Å²) in [4.78, 5) is 12.7. The van der Waals surface area contributed by atoms with Crippen LogP contribution in [0.5, 0.6) is 0 Å². The zero-order valence-electron chi connectivity index (χ0n) is 9.38. The molecule has 0 fully saturated rings. The molecular formula is C12H14N4. The first kappa shape index (κ1) is 10.7. The Hall–Kier alpha value is -1.81. The van der Waals surface area contributed by atoms with Crippen molar-refractivity contribution in [2.75, 3.05) is 7.05 Å². The summed E-state index contributed by atoms with van der Waals surface area (Å²) in [6.45, 7) is 2.02. The molecule has 82 valence electrons. The monoisotopic (exact) mass is 214 g/mol. The summed E-state index contributed by atoms with van der Waals surface area (Å²) in [5.74, 6) is 0.761. The van der Waals surface area contributed by atoms with E-state index < -0.39 is 0 Å². The topological polar surface area (TPSA) is 50.7 Å². The number of hydrogen-bond donors (Lipinski definition) is 1. The van der Waals surface area contributed by atoms with Crippen LogP contribution < -0.4 is 5.32 Å². The van der Waals surface area contributed by atoms with Crippen LogP contribution in [0.2, 0.25) is 0 Å². The van der Waals surface area contributed by atoms with E-state index >= 15 is 0 Å². The molecule has 0 amide bonds. The minimum Gasteiger partial charge on any atom is -0.307 e. The van der Waals surface area contributed by atoms with Crippen molar-refractivity contribution in [3.8, 4) is 0 Å². The summed E-state index contributed by atoms with van der Waals surface area (Å²) >= 11 is 0. The highest BCUT2D eigenvalue weighted by molar-refractivity contribution is 5.24. The highest BCUT2D eigenvalue weighted by Crippen LogP contribution is 2.17. The lowest BCUT2D eigenvalue weighted by molar-refractivity contribution is 0.643. The molecule has 1 unspecified atom stereocenters.